The number of pyridine rings is 1. The van der Waals surface area contributed by atoms with Crippen molar-refractivity contribution in [2.75, 3.05) is 0 Å². The van der Waals surface area contributed by atoms with Gasteiger partial charge in [0.05, 0.1) is 11.3 Å². The molecule has 29 heavy (non-hydrogen) atoms. The highest BCUT2D eigenvalue weighted by Crippen LogP contribution is 2.40. The van der Waals surface area contributed by atoms with E-state index in [0.29, 0.717) is 27.4 Å². The molecule has 144 valence electrons. The van der Waals surface area contributed by atoms with Crippen LogP contribution in [0.4, 0.5) is 0 Å². The number of halogens is 2. The molecule has 0 N–H and O–H groups in total. The summed E-state index contributed by atoms with van der Waals surface area (Å²) in [6.45, 7) is 1.88. The predicted molar refractivity (Wildman–Crippen MR) is 114 cm³/mol. The van der Waals surface area contributed by atoms with Gasteiger partial charge in [-0.2, -0.15) is 0 Å². The molecule has 6 heteroatoms. The summed E-state index contributed by atoms with van der Waals surface area (Å²) in [7, 11) is 0. The van der Waals surface area contributed by atoms with Crippen LogP contribution in [0.3, 0.4) is 0 Å². The molecule has 5 rings (SSSR count). The lowest BCUT2D eigenvalue weighted by Gasteiger charge is -2.11. The third-order valence-electron chi connectivity index (χ3n) is 4.79. The number of aryl methyl sites for hydroxylation is 1. The van der Waals surface area contributed by atoms with Gasteiger partial charge in [-0.05, 0) is 54.8 Å². The molecular weight excluding hydrogens is 425 g/mol. The molecular formula is C23H14Cl2NO2S-. The number of fused-ring (bicyclic) bond motifs is 3. The Morgan fingerprint density at radius 1 is 1.03 bits per heavy atom. The summed E-state index contributed by atoms with van der Waals surface area (Å²) in [5, 5.41) is 3.54. The highest BCUT2D eigenvalue weighted by atomic mass is 35.5. The topological polar surface area (TPSA) is 43.1 Å². The average Bonchev–Trinajstić information content (AvgIpc) is 3.35. The molecule has 3 heterocycles. The fourth-order valence-corrected chi connectivity index (χ4v) is 4.41. The summed E-state index contributed by atoms with van der Waals surface area (Å²) in [5.74, 6) is -0.0903. The molecule has 0 saturated carbocycles. The summed E-state index contributed by atoms with van der Waals surface area (Å²) in [5.41, 5.74) is 4.81. The van der Waals surface area contributed by atoms with Crippen LogP contribution in [0.2, 0.25) is 5.02 Å². The molecule has 0 aliphatic heterocycles. The highest BCUT2D eigenvalue weighted by Gasteiger charge is 2.25. The Morgan fingerprint density at radius 3 is 2.52 bits per heavy atom. The molecule has 0 bridgehead atoms. The maximum Gasteiger partial charge on any atom is 0.195 e. The van der Waals surface area contributed by atoms with Crippen LogP contribution in [-0.2, 0) is 0 Å². The van der Waals surface area contributed by atoms with Crippen LogP contribution in [0.15, 0.2) is 70.5 Å². The monoisotopic (exact) mass is 438 g/mol. The van der Waals surface area contributed by atoms with E-state index in [1.54, 1.807) is 35.6 Å². The van der Waals surface area contributed by atoms with Crippen molar-refractivity contribution in [3.05, 3.63) is 87.9 Å². The Labute approximate surface area is 182 Å². The second kappa shape index (κ2) is 7.64. The molecule has 0 spiro atoms. The number of hydrogen-bond acceptors (Lipinski definition) is 4. The summed E-state index contributed by atoms with van der Waals surface area (Å²) in [4.78, 5) is 19.2. The minimum absolute atomic E-state index is 0. The third kappa shape index (κ3) is 3.23. The van der Waals surface area contributed by atoms with E-state index < -0.39 is 0 Å². The maximum absolute atomic E-state index is 13.4. The number of benzene rings is 2. The summed E-state index contributed by atoms with van der Waals surface area (Å²) >= 11 is 7.57. The first-order chi connectivity index (χ1) is 13.6. The molecule has 5 aromatic rings. The van der Waals surface area contributed by atoms with Crippen molar-refractivity contribution in [3.8, 4) is 10.4 Å². The van der Waals surface area contributed by atoms with Gasteiger partial charge < -0.3 is 16.8 Å². The lowest BCUT2D eigenvalue weighted by molar-refractivity contribution is -0.0000132. The number of furan rings is 1. The molecule has 0 atom stereocenters. The Morgan fingerprint density at radius 2 is 1.79 bits per heavy atom. The van der Waals surface area contributed by atoms with E-state index in [2.05, 4.69) is 0 Å². The summed E-state index contributed by atoms with van der Waals surface area (Å²) < 4.78 is 6.18. The fraction of sp³-hybridized carbons (Fsp3) is 0.0435. The van der Waals surface area contributed by atoms with Crippen molar-refractivity contribution in [1.29, 1.82) is 0 Å². The average molecular weight is 439 g/mol. The van der Waals surface area contributed by atoms with E-state index in [4.69, 9.17) is 21.0 Å². The van der Waals surface area contributed by atoms with Gasteiger partial charge in [-0.3, -0.25) is 4.79 Å². The minimum Gasteiger partial charge on any atom is -1.00 e. The lowest BCUT2D eigenvalue weighted by Crippen LogP contribution is -3.00. The molecule has 3 aromatic heterocycles. The zero-order valence-electron chi connectivity index (χ0n) is 15.3. The Balaban J connectivity index is 0.00000205. The fourth-order valence-electron chi connectivity index (χ4n) is 3.51. The van der Waals surface area contributed by atoms with Crippen molar-refractivity contribution >= 4 is 50.8 Å². The second-order valence-corrected chi connectivity index (χ2v) is 7.92. The van der Waals surface area contributed by atoms with E-state index in [1.165, 1.54) is 0 Å². The number of para-hydroxylation sites is 1. The number of thiophene rings is 1. The van der Waals surface area contributed by atoms with E-state index in [-0.39, 0.29) is 18.2 Å². The van der Waals surface area contributed by atoms with E-state index in [9.17, 15) is 4.79 Å². The molecule has 2 aromatic carbocycles. The predicted octanol–water partition coefficient (Wildman–Crippen LogP) is 3.91. The smallest absolute Gasteiger partial charge is 0.195 e. The molecule has 3 nitrogen and oxygen atoms in total. The first-order valence-electron chi connectivity index (χ1n) is 8.79. The van der Waals surface area contributed by atoms with Gasteiger partial charge in [0.15, 0.2) is 11.4 Å². The van der Waals surface area contributed by atoms with Crippen molar-refractivity contribution < 1.29 is 21.6 Å². The molecule has 0 saturated heterocycles. The zero-order valence-corrected chi connectivity index (χ0v) is 17.6. The van der Waals surface area contributed by atoms with E-state index in [1.807, 2.05) is 48.7 Å². The van der Waals surface area contributed by atoms with Crippen molar-refractivity contribution in [2.24, 2.45) is 0 Å². The van der Waals surface area contributed by atoms with Crippen LogP contribution in [0.25, 0.3) is 32.5 Å². The Bertz CT molecular complexity index is 1340. The van der Waals surface area contributed by atoms with Gasteiger partial charge in [0.2, 0.25) is 0 Å². The second-order valence-electron chi connectivity index (χ2n) is 6.54. The number of carbonyl (C=O) groups excluding carboxylic acids is 1. The van der Waals surface area contributed by atoms with Gasteiger partial charge in [-0.1, -0.05) is 29.8 Å². The van der Waals surface area contributed by atoms with Crippen LogP contribution >= 0.6 is 22.9 Å². The van der Waals surface area contributed by atoms with Crippen molar-refractivity contribution in [2.45, 2.75) is 6.92 Å². The number of ketones is 1. The number of rotatable bonds is 3. The molecule has 0 aliphatic carbocycles. The van der Waals surface area contributed by atoms with Gasteiger partial charge in [-0.15, -0.1) is 11.3 Å². The molecule has 0 aliphatic rings. The first kappa shape index (κ1) is 19.6. The lowest BCUT2D eigenvalue weighted by atomic mass is 9.95. The van der Waals surface area contributed by atoms with E-state index >= 15 is 0 Å². The van der Waals surface area contributed by atoms with Crippen LogP contribution in [0, 0.1) is 6.92 Å². The highest BCUT2D eigenvalue weighted by molar-refractivity contribution is 7.13. The quantitative estimate of drug-likeness (QED) is 0.401. The summed E-state index contributed by atoms with van der Waals surface area (Å²) in [6, 6.07) is 18.7. The van der Waals surface area contributed by atoms with Gasteiger partial charge in [-0.25, -0.2) is 4.98 Å². The molecule has 0 amide bonds. The number of hydrogen-bond donors (Lipinski definition) is 0. The van der Waals surface area contributed by atoms with Gasteiger partial charge in [0, 0.05) is 26.4 Å². The standard InChI is InChI=1S/C23H14ClNO2S.ClH/c1-13-19(22(26)14-8-10-15(24)11-9-14)20(18-7-4-12-28-18)23-21(25-13)16-5-2-3-6-17(16)27-23;/h2-12H,1H3;1H/p-1. The SMILES string of the molecule is Cc1nc2c(oc3ccccc32)c(-c2cccs2)c1C(=O)c1ccc(Cl)cc1.[Cl-]. The molecule has 0 fully saturated rings. The number of nitrogens with zero attached hydrogens (tertiary/aromatic N) is 1. The van der Waals surface area contributed by atoms with Crippen LogP contribution < -0.4 is 12.4 Å². The summed E-state index contributed by atoms with van der Waals surface area (Å²) in [6.07, 6.45) is 0. The normalized spacial score (nSPS) is 11.0. The van der Waals surface area contributed by atoms with Gasteiger partial charge in [0.1, 0.15) is 11.1 Å². The molecule has 0 radical (unpaired) electrons. The van der Waals surface area contributed by atoms with Gasteiger partial charge >= 0.3 is 0 Å². The minimum atomic E-state index is -0.0903. The van der Waals surface area contributed by atoms with Crippen molar-refractivity contribution in [3.63, 3.8) is 0 Å². The Hall–Kier alpha value is -2.66. The first-order valence-corrected chi connectivity index (χ1v) is 10.1. The number of aromatic nitrogens is 1. The van der Waals surface area contributed by atoms with E-state index in [0.717, 1.165) is 26.9 Å². The van der Waals surface area contributed by atoms with Crippen LogP contribution in [0.1, 0.15) is 21.6 Å². The Kier molecular flexibility index (Phi) is 5.17. The maximum atomic E-state index is 13.4. The zero-order chi connectivity index (χ0) is 19.3. The molecule has 0 unspecified atom stereocenters. The third-order valence-corrected chi connectivity index (χ3v) is 5.93. The van der Waals surface area contributed by atoms with Gasteiger partial charge in [0.25, 0.3) is 0 Å². The van der Waals surface area contributed by atoms with Crippen LogP contribution in [-0.4, -0.2) is 10.8 Å². The van der Waals surface area contributed by atoms with Crippen molar-refractivity contribution in [1.82, 2.24) is 4.98 Å². The van der Waals surface area contributed by atoms with Crippen LogP contribution in [0.5, 0.6) is 0 Å². The largest absolute Gasteiger partial charge is 1.00 e. The number of carbonyl (C=O) groups is 1.